The first-order valence-electron chi connectivity index (χ1n) is 5.24. The first-order valence-corrected chi connectivity index (χ1v) is 5.62. The van der Waals surface area contributed by atoms with Crippen LogP contribution in [0.5, 0.6) is 0 Å². The van der Waals surface area contributed by atoms with Gasteiger partial charge in [-0.2, -0.15) is 0 Å². The molecule has 4 nitrogen and oxygen atoms in total. The lowest BCUT2D eigenvalue weighted by Crippen LogP contribution is -2.36. The van der Waals surface area contributed by atoms with E-state index in [4.69, 9.17) is 16.7 Å². The van der Waals surface area contributed by atoms with E-state index in [0.29, 0.717) is 5.02 Å². The van der Waals surface area contributed by atoms with Crippen LogP contribution in [0.3, 0.4) is 0 Å². The lowest BCUT2D eigenvalue weighted by Gasteiger charge is -2.22. The molecule has 3 N–H and O–H groups in total. The molecule has 5 heteroatoms. The predicted octanol–water partition coefficient (Wildman–Crippen LogP) is 2.29. The van der Waals surface area contributed by atoms with Gasteiger partial charge in [-0.25, -0.2) is 0 Å². The molecule has 0 saturated carbocycles. The molecule has 1 aromatic carbocycles. The molecule has 0 bridgehead atoms. The standard InChI is InChI=1S/C12H16ClNO3/c1-8-3-4-9(13)5-10(8)14-7-12(2,17)6-11(15)16/h3-5,14,17H,6-7H2,1-2H3,(H,15,16). The maximum atomic E-state index is 10.5. The Kier molecular flexibility index (Phi) is 4.37. The Hall–Kier alpha value is -1.26. The molecule has 1 atom stereocenters. The highest BCUT2D eigenvalue weighted by atomic mass is 35.5. The van der Waals surface area contributed by atoms with Crippen LogP contribution in [0.1, 0.15) is 18.9 Å². The Morgan fingerprint density at radius 3 is 2.76 bits per heavy atom. The van der Waals surface area contributed by atoms with Crippen LogP contribution in [-0.2, 0) is 4.79 Å². The van der Waals surface area contributed by atoms with Crippen LogP contribution in [0, 0.1) is 6.92 Å². The largest absolute Gasteiger partial charge is 0.481 e. The number of carbonyl (C=O) groups is 1. The third kappa shape index (κ3) is 4.63. The number of hydrogen-bond acceptors (Lipinski definition) is 3. The summed E-state index contributed by atoms with van der Waals surface area (Å²) in [4.78, 5) is 10.5. The lowest BCUT2D eigenvalue weighted by atomic mass is 10.0. The van der Waals surface area contributed by atoms with Gasteiger partial charge in [-0.1, -0.05) is 17.7 Å². The third-order valence-electron chi connectivity index (χ3n) is 2.39. The number of nitrogens with one attached hydrogen (secondary N) is 1. The molecule has 1 unspecified atom stereocenters. The summed E-state index contributed by atoms with van der Waals surface area (Å²) in [6.07, 6.45) is -0.306. The summed E-state index contributed by atoms with van der Waals surface area (Å²) < 4.78 is 0. The quantitative estimate of drug-likeness (QED) is 0.757. The molecule has 0 aliphatic carbocycles. The van der Waals surface area contributed by atoms with Gasteiger partial charge in [-0.05, 0) is 31.5 Å². The van der Waals surface area contributed by atoms with Crippen molar-refractivity contribution in [1.82, 2.24) is 0 Å². The molecule has 0 aliphatic heterocycles. The van der Waals surface area contributed by atoms with Gasteiger partial charge in [0.15, 0.2) is 0 Å². The lowest BCUT2D eigenvalue weighted by molar-refractivity contribution is -0.141. The first kappa shape index (κ1) is 13.8. The van der Waals surface area contributed by atoms with Crippen LogP contribution < -0.4 is 5.32 Å². The number of halogens is 1. The van der Waals surface area contributed by atoms with E-state index in [1.165, 1.54) is 6.92 Å². The molecule has 1 aromatic rings. The second-order valence-corrected chi connectivity index (χ2v) is 4.82. The van der Waals surface area contributed by atoms with E-state index in [2.05, 4.69) is 5.32 Å². The van der Waals surface area contributed by atoms with Crippen molar-refractivity contribution in [2.24, 2.45) is 0 Å². The summed E-state index contributed by atoms with van der Waals surface area (Å²) in [5, 5.41) is 22.1. The fourth-order valence-electron chi connectivity index (χ4n) is 1.46. The van der Waals surface area contributed by atoms with Crippen molar-refractivity contribution >= 4 is 23.3 Å². The Morgan fingerprint density at radius 1 is 1.53 bits per heavy atom. The maximum Gasteiger partial charge on any atom is 0.306 e. The zero-order valence-corrected chi connectivity index (χ0v) is 10.6. The van der Waals surface area contributed by atoms with Crippen LogP contribution in [0.2, 0.25) is 5.02 Å². The van der Waals surface area contributed by atoms with E-state index in [9.17, 15) is 9.90 Å². The Bertz CT molecular complexity index is 418. The van der Waals surface area contributed by atoms with Crippen LogP contribution in [0.25, 0.3) is 0 Å². The zero-order chi connectivity index (χ0) is 13.1. The fourth-order valence-corrected chi connectivity index (χ4v) is 1.63. The summed E-state index contributed by atoms with van der Waals surface area (Å²) in [6, 6.07) is 5.38. The van der Waals surface area contributed by atoms with E-state index >= 15 is 0 Å². The van der Waals surface area contributed by atoms with Crippen LogP contribution in [0.4, 0.5) is 5.69 Å². The maximum absolute atomic E-state index is 10.5. The van der Waals surface area contributed by atoms with Gasteiger partial charge in [0.2, 0.25) is 0 Å². The molecular weight excluding hydrogens is 242 g/mol. The number of aliphatic hydroxyl groups is 1. The predicted molar refractivity (Wildman–Crippen MR) is 67.6 cm³/mol. The second-order valence-electron chi connectivity index (χ2n) is 4.38. The van der Waals surface area contributed by atoms with E-state index in [1.54, 1.807) is 12.1 Å². The Balaban J connectivity index is 2.66. The van der Waals surface area contributed by atoms with Gasteiger partial charge in [-0.3, -0.25) is 4.79 Å². The highest BCUT2D eigenvalue weighted by molar-refractivity contribution is 6.30. The molecule has 0 amide bonds. The number of aryl methyl sites for hydroxylation is 1. The average molecular weight is 258 g/mol. The third-order valence-corrected chi connectivity index (χ3v) is 2.63. The van der Waals surface area contributed by atoms with E-state index in [-0.39, 0.29) is 13.0 Å². The summed E-state index contributed by atoms with van der Waals surface area (Å²) in [5.41, 5.74) is 0.490. The second kappa shape index (κ2) is 5.38. The van der Waals surface area contributed by atoms with E-state index in [0.717, 1.165) is 11.3 Å². The van der Waals surface area contributed by atoms with Crippen molar-refractivity contribution in [2.75, 3.05) is 11.9 Å². The summed E-state index contributed by atoms with van der Waals surface area (Å²) in [5.74, 6) is -1.03. The Morgan fingerprint density at radius 2 is 2.18 bits per heavy atom. The van der Waals surface area contributed by atoms with Crippen LogP contribution >= 0.6 is 11.6 Å². The monoisotopic (exact) mass is 257 g/mol. The number of rotatable bonds is 5. The zero-order valence-electron chi connectivity index (χ0n) is 9.83. The smallest absolute Gasteiger partial charge is 0.306 e. The van der Waals surface area contributed by atoms with Crippen LogP contribution in [0.15, 0.2) is 18.2 Å². The summed E-state index contributed by atoms with van der Waals surface area (Å²) >= 11 is 5.85. The first-order chi connectivity index (χ1) is 7.80. The van der Waals surface area contributed by atoms with Crippen molar-refractivity contribution in [3.63, 3.8) is 0 Å². The highest BCUT2D eigenvalue weighted by Crippen LogP contribution is 2.21. The number of aliphatic carboxylic acids is 1. The molecule has 0 aliphatic rings. The SMILES string of the molecule is Cc1ccc(Cl)cc1NCC(C)(O)CC(=O)O. The number of carboxylic acids is 1. The van der Waals surface area contributed by atoms with Gasteiger partial charge in [0.05, 0.1) is 12.0 Å². The average Bonchev–Trinajstić information content (AvgIpc) is 2.17. The van der Waals surface area contributed by atoms with Crippen molar-refractivity contribution in [3.8, 4) is 0 Å². The van der Waals surface area contributed by atoms with Gasteiger partial charge in [-0.15, -0.1) is 0 Å². The molecule has 0 saturated heterocycles. The topological polar surface area (TPSA) is 69.6 Å². The molecule has 1 rings (SSSR count). The number of hydrogen-bond donors (Lipinski definition) is 3. The minimum absolute atomic E-state index is 0.153. The van der Waals surface area contributed by atoms with Crippen molar-refractivity contribution in [2.45, 2.75) is 25.9 Å². The minimum Gasteiger partial charge on any atom is -0.481 e. The molecule has 0 spiro atoms. The minimum atomic E-state index is -1.29. The van der Waals surface area contributed by atoms with E-state index in [1.807, 2.05) is 13.0 Å². The Labute approximate surface area is 105 Å². The number of anilines is 1. The van der Waals surface area contributed by atoms with Gasteiger partial charge in [0, 0.05) is 17.3 Å². The van der Waals surface area contributed by atoms with Crippen molar-refractivity contribution in [1.29, 1.82) is 0 Å². The molecule has 0 fully saturated rings. The van der Waals surface area contributed by atoms with E-state index < -0.39 is 11.6 Å². The van der Waals surface area contributed by atoms with Crippen molar-refractivity contribution < 1.29 is 15.0 Å². The molecular formula is C12H16ClNO3. The van der Waals surface area contributed by atoms with Gasteiger partial charge >= 0.3 is 5.97 Å². The van der Waals surface area contributed by atoms with Gasteiger partial charge in [0.25, 0.3) is 0 Å². The number of benzene rings is 1. The molecule has 0 radical (unpaired) electrons. The normalized spacial score (nSPS) is 14.1. The van der Waals surface area contributed by atoms with Gasteiger partial charge < -0.3 is 15.5 Å². The molecule has 0 aromatic heterocycles. The van der Waals surface area contributed by atoms with Gasteiger partial charge in [0.1, 0.15) is 0 Å². The fraction of sp³-hybridized carbons (Fsp3) is 0.417. The molecule has 94 valence electrons. The van der Waals surface area contributed by atoms with Crippen molar-refractivity contribution in [3.05, 3.63) is 28.8 Å². The summed E-state index contributed by atoms with van der Waals surface area (Å²) in [6.45, 7) is 3.54. The highest BCUT2D eigenvalue weighted by Gasteiger charge is 2.24. The summed E-state index contributed by atoms with van der Waals surface area (Å²) in [7, 11) is 0. The molecule has 0 heterocycles. The number of carboxylic acid groups (broad SMARTS) is 1. The van der Waals surface area contributed by atoms with Crippen LogP contribution in [-0.4, -0.2) is 28.3 Å². The molecule has 17 heavy (non-hydrogen) atoms.